The Hall–Kier alpha value is -3.47. The minimum Gasteiger partial charge on any atom is -0.454 e. The number of hydrogen-bond donors (Lipinski definition) is 1. The zero-order valence-electron chi connectivity index (χ0n) is 14.8. The molecule has 3 aromatic carbocycles. The fourth-order valence-electron chi connectivity index (χ4n) is 3.54. The Morgan fingerprint density at radius 1 is 0.963 bits per heavy atom. The topological polar surface area (TPSA) is 50.8 Å². The number of nitrogens with zero attached hydrogens (tertiary/aromatic N) is 1. The number of aryl methyl sites for hydroxylation is 1. The molecule has 0 saturated heterocycles. The Morgan fingerprint density at radius 3 is 2.59 bits per heavy atom. The fraction of sp³-hybridized carbons (Fsp3) is 0.136. The Bertz CT molecular complexity index is 1030. The van der Waals surface area contributed by atoms with Gasteiger partial charge in [0, 0.05) is 11.4 Å². The quantitative estimate of drug-likeness (QED) is 0.733. The number of para-hydroxylation sites is 1. The van der Waals surface area contributed by atoms with Gasteiger partial charge in [0.2, 0.25) is 6.79 Å². The minimum absolute atomic E-state index is 0.0316. The Morgan fingerprint density at radius 2 is 1.74 bits per heavy atom. The van der Waals surface area contributed by atoms with E-state index in [1.165, 1.54) is 0 Å². The largest absolute Gasteiger partial charge is 0.454 e. The second-order valence-corrected chi connectivity index (χ2v) is 6.72. The first-order chi connectivity index (χ1) is 13.2. The van der Waals surface area contributed by atoms with Gasteiger partial charge in [-0.1, -0.05) is 35.9 Å². The molecule has 5 rings (SSSR count). The van der Waals surface area contributed by atoms with Gasteiger partial charge in [0.1, 0.15) is 6.17 Å². The van der Waals surface area contributed by atoms with Crippen molar-refractivity contribution in [1.82, 2.24) is 0 Å². The van der Waals surface area contributed by atoms with Crippen LogP contribution in [0, 0.1) is 6.92 Å². The molecule has 1 N–H and O–H groups in total. The number of fused-ring (bicyclic) bond motifs is 2. The van der Waals surface area contributed by atoms with Crippen LogP contribution in [0.1, 0.15) is 27.7 Å². The Balaban J connectivity index is 1.64. The summed E-state index contributed by atoms with van der Waals surface area (Å²) in [6, 6.07) is 21.4. The van der Waals surface area contributed by atoms with Crippen LogP contribution in [-0.4, -0.2) is 12.7 Å². The molecule has 0 spiro atoms. The summed E-state index contributed by atoms with van der Waals surface area (Å²) in [5, 5.41) is 3.51. The molecule has 1 atom stereocenters. The fourth-order valence-corrected chi connectivity index (χ4v) is 3.54. The molecule has 2 aliphatic heterocycles. The monoisotopic (exact) mass is 358 g/mol. The molecule has 2 aliphatic rings. The predicted octanol–water partition coefficient (Wildman–Crippen LogP) is 4.49. The summed E-state index contributed by atoms with van der Waals surface area (Å²) in [4.78, 5) is 15.1. The second kappa shape index (κ2) is 6.06. The van der Waals surface area contributed by atoms with Gasteiger partial charge < -0.3 is 14.8 Å². The first-order valence-electron chi connectivity index (χ1n) is 8.86. The van der Waals surface area contributed by atoms with Crippen LogP contribution in [0.15, 0.2) is 66.7 Å². The average molecular weight is 358 g/mol. The zero-order valence-corrected chi connectivity index (χ0v) is 14.8. The normalized spacial score (nSPS) is 17.4. The van der Waals surface area contributed by atoms with Gasteiger partial charge in [-0.25, -0.2) is 0 Å². The number of carbonyl (C=O) groups excluding carboxylic acids is 1. The van der Waals surface area contributed by atoms with Crippen molar-refractivity contribution in [2.45, 2.75) is 13.1 Å². The van der Waals surface area contributed by atoms with Crippen LogP contribution < -0.4 is 19.7 Å². The van der Waals surface area contributed by atoms with Crippen molar-refractivity contribution < 1.29 is 14.3 Å². The van der Waals surface area contributed by atoms with Crippen molar-refractivity contribution in [3.63, 3.8) is 0 Å². The van der Waals surface area contributed by atoms with Gasteiger partial charge in [-0.2, -0.15) is 0 Å². The lowest BCUT2D eigenvalue weighted by molar-refractivity contribution is 0.0975. The van der Waals surface area contributed by atoms with Gasteiger partial charge in [0.25, 0.3) is 5.91 Å². The molecule has 0 radical (unpaired) electrons. The van der Waals surface area contributed by atoms with Crippen molar-refractivity contribution in [3.05, 3.63) is 83.4 Å². The van der Waals surface area contributed by atoms with E-state index >= 15 is 0 Å². The molecule has 0 saturated carbocycles. The van der Waals surface area contributed by atoms with Crippen molar-refractivity contribution in [3.8, 4) is 11.5 Å². The lowest BCUT2D eigenvalue weighted by Gasteiger charge is -2.38. The third-order valence-electron chi connectivity index (χ3n) is 4.95. The van der Waals surface area contributed by atoms with E-state index in [1.807, 2.05) is 73.7 Å². The number of rotatable bonds is 2. The highest BCUT2D eigenvalue weighted by Crippen LogP contribution is 2.40. The van der Waals surface area contributed by atoms with E-state index in [2.05, 4.69) is 5.32 Å². The number of carbonyl (C=O) groups is 1. The lowest BCUT2D eigenvalue weighted by Crippen LogP contribution is -2.43. The van der Waals surface area contributed by atoms with E-state index in [9.17, 15) is 4.79 Å². The van der Waals surface area contributed by atoms with Crippen LogP contribution in [0.5, 0.6) is 11.5 Å². The number of anilines is 2. The van der Waals surface area contributed by atoms with Crippen molar-refractivity contribution in [2.75, 3.05) is 17.0 Å². The van der Waals surface area contributed by atoms with E-state index in [1.54, 1.807) is 4.90 Å². The van der Waals surface area contributed by atoms with Gasteiger partial charge >= 0.3 is 0 Å². The first-order valence-corrected chi connectivity index (χ1v) is 8.86. The van der Waals surface area contributed by atoms with Gasteiger partial charge in [-0.3, -0.25) is 9.69 Å². The Kier molecular flexibility index (Phi) is 3.53. The maximum atomic E-state index is 13.3. The van der Waals surface area contributed by atoms with Crippen LogP contribution in [0.25, 0.3) is 0 Å². The van der Waals surface area contributed by atoms with Crippen LogP contribution in [0.4, 0.5) is 11.4 Å². The molecular formula is C22H18N2O3. The number of hydrogen-bond acceptors (Lipinski definition) is 4. The van der Waals surface area contributed by atoms with E-state index in [0.717, 1.165) is 28.3 Å². The van der Waals surface area contributed by atoms with Crippen molar-refractivity contribution >= 4 is 17.3 Å². The van der Waals surface area contributed by atoms with Crippen LogP contribution in [0.2, 0.25) is 0 Å². The highest BCUT2D eigenvalue weighted by Gasteiger charge is 2.34. The molecule has 5 heteroatoms. The lowest BCUT2D eigenvalue weighted by atomic mass is 10.0. The zero-order chi connectivity index (χ0) is 18.4. The molecule has 0 aliphatic carbocycles. The molecule has 0 fully saturated rings. The summed E-state index contributed by atoms with van der Waals surface area (Å²) < 4.78 is 10.9. The number of nitrogens with one attached hydrogen (secondary N) is 1. The maximum absolute atomic E-state index is 13.3. The van der Waals surface area contributed by atoms with Gasteiger partial charge in [0.05, 0.1) is 5.56 Å². The van der Waals surface area contributed by atoms with Crippen molar-refractivity contribution in [2.24, 2.45) is 0 Å². The first kappa shape index (κ1) is 15.8. The SMILES string of the molecule is Cc1ccc(N2C(=O)c3ccccc3NC2c2ccc3c(c2)OCO3)cc1. The summed E-state index contributed by atoms with van der Waals surface area (Å²) >= 11 is 0. The highest BCUT2D eigenvalue weighted by atomic mass is 16.7. The molecule has 2 heterocycles. The summed E-state index contributed by atoms with van der Waals surface area (Å²) in [7, 11) is 0. The van der Waals surface area contributed by atoms with Gasteiger partial charge in [-0.15, -0.1) is 0 Å². The number of benzene rings is 3. The number of ether oxygens (including phenoxy) is 2. The maximum Gasteiger partial charge on any atom is 0.262 e. The molecule has 0 aromatic heterocycles. The molecule has 3 aromatic rings. The average Bonchev–Trinajstić information content (AvgIpc) is 3.17. The van der Waals surface area contributed by atoms with Crippen LogP contribution in [-0.2, 0) is 0 Å². The van der Waals surface area contributed by atoms with Gasteiger partial charge in [0.15, 0.2) is 11.5 Å². The predicted molar refractivity (Wildman–Crippen MR) is 103 cm³/mol. The number of amides is 1. The molecular weight excluding hydrogens is 340 g/mol. The van der Waals surface area contributed by atoms with E-state index in [4.69, 9.17) is 9.47 Å². The summed E-state index contributed by atoms with van der Waals surface area (Å²) in [6.45, 7) is 2.25. The molecule has 1 unspecified atom stereocenters. The van der Waals surface area contributed by atoms with E-state index < -0.39 is 0 Å². The third-order valence-corrected chi connectivity index (χ3v) is 4.95. The molecule has 0 bridgehead atoms. The molecule has 27 heavy (non-hydrogen) atoms. The summed E-state index contributed by atoms with van der Waals surface area (Å²) in [5.41, 5.74) is 4.41. The highest BCUT2D eigenvalue weighted by molar-refractivity contribution is 6.12. The van der Waals surface area contributed by atoms with E-state index in [-0.39, 0.29) is 18.9 Å². The molecule has 1 amide bonds. The van der Waals surface area contributed by atoms with Crippen molar-refractivity contribution in [1.29, 1.82) is 0 Å². The van der Waals surface area contributed by atoms with Gasteiger partial charge in [-0.05, 0) is 48.9 Å². The summed E-state index contributed by atoms with van der Waals surface area (Å²) in [6.07, 6.45) is -0.343. The molecule has 134 valence electrons. The molecule has 5 nitrogen and oxygen atoms in total. The van der Waals surface area contributed by atoms with E-state index in [0.29, 0.717) is 11.3 Å². The smallest absolute Gasteiger partial charge is 0.262 e. The summed E-state index contributed by atoms with van der Waals surface area (Å²) in [5.74, 6) is 1.39. The van der Waals surface area contributed by atoms with Crippen LogP contribution in [0.3, 0.4) is 0 Å². The Labute approximate surface area is 157 Å². The minimum atomic E-state index is -0.343. The van der Waals surface area contributed by atoms with Crippen LogP contribution >= 0.6 is 0 Å². The third kappa shape index (κ3) is 2.59. The standard InChI is InChI=1S/C22H18N2O3/c1-14-6-9-16(10-7-14)24-21(15-8-11-19-20(12-15)27-13-26-19)23-18-5-3-2-4-17(18)22(24)25/h2-12,21,23H,13H2,1H3. The second-order valence-electron chi connectivity index (χ2n) is 6.72.